The molecule has 1 unspecified atom stereocenters. The van der Waals surface area contributed by atoms with E-state index in [4.69, 9.17) is 17.3 Å². The smallest absolute Gasteiger partial charge is 0.0586 e. The second-order valence-electron chi connectivity index (χ2n) is 3.77. The third-order valence-electron chi connectivity index (χ3n) is 2.45. The normalized spacial score (nSPS) is 12.3. The van der Waals surface area contributed by atoms with Crippen LogP contribution >= 0.6 is 27.5 Å². The summed E-state index contributed by atoms with van der Waals surface area (Å²) in [5.41, 5.74) is 7.17. The monoisotopic (exact) mass is 343 g/mol. The highest BCUT2D eigenvalue weighted by molar-refractivity contribution is 9.10. The predicted octanol–water partition coefficient (Wildman–Crippen LogP) is 3.99. The SMILES string of the molecule is Nc1ccc(S(=O)Cc2ccccc2Cl)c(Br)c1. The third kappa shape index (κ3) is 3.13. The Labute approximate surface area is 122 Å². The Balaban J connectivity index is 2.25. The Kier molecular flexibility index (Phi) is 4.43. The Hall–Kier alpha value is -0.840. The molecule has 2 aromatic carbocycles. The Morgan fingerprint density at radius 1 is 1.22 bits per heavy atom. The van der Waals surface area contributed by atoms with Crippen molar-refractivity contribution in [3.05, 3.63) is 57.5 Å². The predicted molar refractivity (Wildman–Crippen MR) is 80.1 cm³/mol. The van der Waals surface area contributed by atoms with Gasteiger partial charge in [0.25, 0.3) is 0 Å². The minimum absolute atomic E-state index is 0.391. The zero-order valence-corrected chi connectivity index (χ0v) is 12.6. The number of halogens is 2. The van der Waals surface area contributed by atoms with Crippen LogP contribution in [0.3, 0.4) is 0 Å². The number of hydrogen-bond acceptors (Lipinski definition) is 2. The van der Waals surface area contributed by atoms with Gasteiger partial charge >= 0.3 is 0 Å². The van der Waals surface area contributed by atoms with E-state index in [0.29, 0.717) is 16.5 Å². The van der Waals surface area contributed by atoms with Crippen LogP contribution in [-0.4, -0.2) is 4.21 Å². The van der Waals surface area contributed by atoms with Crippen molar-refractivity contribution < 1.29 is 4.21 Å². The van der Waals surface area contributed by atoms with Crippen LogP contribution in [-0.2, 0) is 16.6 Å². The highest BCUT2D eigenvalue weighted by Gasteiger charge is 2.11. The van der Waals surface area contributed by atoms with Crippen molar-refractivity contribution in [3.8, 4) is 0 Å². The molecule has 2 nitrogen and oxygen atoms in total. The Morgan fingerprint density at radius 2 is 1.94 bits per heavy atom. The first-order valence-electron chi connectivity index (χ1n) is 5.25. The van der Waals surface area contributed by atoms with E-state index in [2.05, 4.69) is 15.9 Å². The quantitative estimate of drug-likeness (QED) is 0.855. The van der Waals surface area contributed by atoms with Crippen LogP contribution in [0.25, 0.3) is 0 Å². The molecule has 0 bridgehead atoms. The minimum Gasteiger partial charge on any atom is -0.399 e. The molecule has 1 atom stereocenters. The highest BCUT2D eigenvalue weighted by atomic mass is 79.9. The largest absolute Gasteiger partial charge is 0.399 e. The van der Waals surface area contributed by atoms with Crippen molar-refractivity contribution in [1.82, 2.24) is 0 Å². The third-order valence-corrected chi connectivity index (χ3v) is 5.15. The maximum absolute atomic E-state index is 12.3. The van der Waals surface area contributed by atoms with Gasteiger partial charge in [-0.2, -0.15) is 0 Å². The van der Waals surface area contributed by atoms with Crippen molar-refractivity contribution in [3.63, 3.8) is 0 Å². The van der Waals surface area contributed by atoms with E-state index in [1.54, 1.807) is 24.3 Å². The maximum Gasteiger partial charge on any atom is 0.0586 e. The lowest BCUT2D eigenvalue weighted by atomic mass is 10.2. The second kappa shape index (κ2) is 5.87. The first-order chi connectivity index (χ1) is 8.58. The van der Waals surface area contributed by atoms with Crippen LogP contribution in [0.1, 0.15) is 5.56 Å². The summed E-state index contributed by atoms with van der Waals surface area (Å²) < 4.78 is 13.0. The first-order valence-corrected chi connectivity index (χ1v) is 7.73. The number of rotatable bonds is 3. The summed E-state index contributed by atoms with van der Waals surface area (Å²) in [4.78, 5) is 0.726. The van der Waals surface area contributed by atoms with Gasteiger partial charge in [-0.1, -0.05) is 29.8 Å². The molecule has 0 radical (unpaired) electrons. The second-order valence-corrected chi connectivity index (χ2v) is 6.45. The fraction of sp³-hybridized carbons (Fsp3) is 0.0769. The fourth-order valence-electron chi connectivity index (χ4n) is 1.54. The van der Waals surface area contributed by atoms with Gasteiger partial charge in [0, 0.05) is 15.2 Å². The molecule has 94 valence electrons. The van der Waals surface area contributed by atoms with Gasteiger partial charge in [0.2, 0.25) is 0 Å². The maximum atomic E-state index is 12.3. The summed E-state index contributed by atoms with van der Waals surface area (Å²) in [5, 5.41) is 0.636. The molecule has 0 saturated heterocycles. The molecule has 0 spiro atoms. The van der Waals surface area contributed by atoms with E-state index < -0.39 is 10.8 Å². The zero-order valence-electron chi connectivity index (χ0n) is 9.40. The van der Waals surface area contributed by atoms with Crippen LogP contribution in [0.2, 0.25) is 5.02 Å². The number of hydrogen-bond donors (Lipinski definition) is 1. The molecular formula is C13H11BrClNOS. The number of benzene rings is 2. The van der Waals surface area contributed by atoms with Crippen LogP contribution in [0, 0.1) is 0 Å². The first kappa shape index (κ1) is 13.6. The molecule has 18 heavy (non-hydrogen) atoms. The molecule has 2 aromatic rings. The summed E-state index contributed by atoms with van der Waals surface area (Å²) in [5.74, 6) is 0.391. The Morgan fingerprint density at radius 3 is 2.61 bits per heavy atom. The lowest BCUT2D eigenvalue weighted by molar-refractivity contribution is 0.682. The topological polar surface area (TPSA) is 43.1 Å². The highest BCUT2D eigenvalue weighted by Crippen LogP contribution is 2.26. The van der Waals surface area contributed by atoms with Gasteiger partial charge in [-0.05, 0) is 45.8 Å². The van der Waals surface area contributed by atoms with E-state index in [1.165, 1.54) is 0 Å². The molecule has 0 heterocycles. The summed E-state index contributed by atoms with van der Waals surface area (Å²) in [6.07, 6.45) is 0. The molecule has 0 aliphatic carbocycles. The molecule has 0 aliphatic rings. The van der Waals surface area contributed by atoms with Gasteiger partial charge in [0.05, 0.1) is 21.4 Å². The molecule has 2 rings (SSSR count). The van der Waals surface area contributed by atoms with Gasteiger partial charge < -0.3 is 5.73 Å². The summed E-state index contributed by atoms with van der Waals surface area (Å²) in [6.45, 7) is 0. The van der Waals surface area contributed by atoms with Crippen molar-refractivity contribution in [2.45, 2.75) is 10.6 Å². The lowest BCUT2D eigenvalue weighted by Gasteiger charge is -2.07. The van der Waals surface area contributed by atoms with Crippen LogP contribution in [0.5, 0.6) is 0 Å². The van der Waals surface area contributed by atoms with E-state index in [0.717, 1.165) is 14.9 Å². The van der Waals surface area contributed by atoms with E-state index in [-0.39, 0.29) is 0 Å². The fourth-order valence-corrected chi connectivity index (χ4v) is 3.94. The van der Waals surface area contributed by atoms with Crippen molar-refractivity contribution in [2.24, 2.45) is 0 Å². The van der Waals surface area contributed by atoms with Crippen LogP contribution in [0.4, 0.5) is 5.69 Å². The molecule has 0 saturated carbocycles. The Bertz CT molecular complexity index is 603. The molecule has 5 heteroatoms. The average molecular weight is 345 g/mol. The molecule has 0 amide bonds. The molecule has 2 N–H and O–H groups in total. The number of nitrogens with two attached hydrogens (primary N) is 1. The number of anilines is 1. The summed E-state index contributed by atoms with van der Waals surface area (Å²) in [6, 6.07) is 12.7. The zero-order chi connectivity index (χ0) is 13.1. The summed E-state index contributed by atoms with van der Waals surface area (Å²) in [7, 11) is -1.15. The average Bonchev–Trinajstić information content (AvgIpc) is 2.32. The van der Waals surface area contributed by atoms with Crippen molar-refractivity contribution >= 4 is 44.0 Å². The summed E-state index contributed by atoms with van der Waals surface area (Å²) >= 11 is 9.43. The standard InChI is InChI=1S/C13H11BrClNOS/c14-11-7-10(16)5-6-13(11)18(17)8-9-3-1-2-4-12(9)15/h1-7H,8,16H2. The lowest BCUT2D eigenvalue weighted by Crippen LogP contribution is -1.99. The van der Waals surface area contributed by atoms with Crippen molar-refractivity contribution in [2.75, 3.05) is 5.73 Å². The van der Waals surface area contributed by atoms with E-state index in [1.807, 2.05) is 18.2 Å². The molecule has 0 aliphatic heterocycles. The molecular weight excluding hydrogens is 334 g/mol. The van der Waals surface area contributed by atoms with E-state index in [9.17, 15) is 4.21 Å². The van der Waals surface area contributed by atoms with Crippen LogP contribution < -0.4 is 5.73 Å². The van der Waals surface area contributed by atoms with Gasteiger partial charge in [-0.15, -0.1) is 0 Å². The molecule has 0 aromatic heterocycles. The van der Waals surface area contributed by atoms with Crippen molar-refractivity contribution in [1.29, 1.82) is 0 Å². The van der Waals surface area contributed by atoms with Gasteiger partial charge in [0.1, 0.15) is 0 Å². The van der Waals surface area contributed by atoms with Gasteiger partial charge in [0.15, 0.2) is 0 Å². The number of nitrogen functional groups attached to an aromatic ring is 1. The molecule has 0 fully saturated rings. The van der Waals surface area contributed by atoms with Gasteiger partial charge in [-0.25, -0.2) is 0 Å². The van der Waals surface area contributed by atoms with E-state index >= 15 is 0 Å². The van der Waals surface area contributed by atoms with Crippen LogP contribution in [0.15, 0.2) is 51.8 Å². The minimum atomic E-state index is -1.15. The van der Waals surface area contributed by atoms with Gasteiger partial charge in [-0.3, -0.25) is 4.21 Å².